The first-order chi connectivity index (χ1) is 11.9. The van der Waals surface area contributed by atoms with Crippen molar-refractivity contribution in [1.82, 2.24) is 0 Å². The molecule has 3 aromatic rings. The molecule has 0 radical (unpaired) electrons. The lowest BCUT2D eigenvalue weighted by Gasteiger charge is -2.19. The Morgan fingerprint density at radius 1 is 0.792 bits per heavy atom. The number of methoxy groups -OCH3 is 1. The van der Waals surface area contributed by atoms with Gasteiger partial charge >= 0.3 is 0 Å². The molecule has 0 aromatic heterocycles. The quantitative estimate of drug-likeness (QED) is 0.519. The summed E-state index contributed by atoms with van der Waals surface area (Å²) in [6.45, 7) is 0. The van der Waals surface area contributed by atoms with Crippen LogP contribution in [0.2, 0.25) is 0 Å². The molecule has 0 spiro atoms. The van der Waals surface area contributed by atoms with Crippen molar-refractivity contribution in [2.45, 2.75) is 6.10 Å². The third-order valence-electron chi connectivity index (χ3n) is 3.74. The Morgan fingerprint density at radius 2 is 1.33 bits per heavy atom. The van der Waals surface area contributed by atoms with Crippen LogP contribution in [0.25, 0.3) is 0 Å². The van der Waals surface area contributed by atoms with Crippen LogP contribution in [0.5, 0.6) is 0 Å². The number of nitrogens with one attached hydrogen (secondary N) is 1. The lowest BCUT2D eigenvalue weighted by molar-refractivity contribution is 0.158. The third-order valence-corrected chi connectivity index (χ3v) is 3.74. The highest BCUT2D eigenvalue weighted by atomic mass is 16.5. The van der Waals surface area contributed by atoms with Crippen LogP contribution in [-0.4, -0.2) is 12.8 Å². The minimum Gasteiger partial charge on any atom is -0.370 e. The average molecular weight is 316 g/mol. The molecule has 0 saturated heterocycles. The predicted octanol–water partition coefficient (Wildman–Crippen LogP) is 4.89. The van der Waals surface area contributed by atoms with Gasteiger partial charge in [-0.25, -0.2) is 0 Å². The summed E-state index contributed by atoms with van der Waals surface area (Å²) in [4.78, 5) is 0. The number of hydrazone groups is 1. The first-order valence-corrected chi connectivity index (χ1v) is 7.90. The highest BCUT2D eigenvalue weighted by molar-refractivity contribution is 6.04. The number of benzene rings is 3. The van der Waals surface area contributed by atoms with E-state index in [1.165, 1.54) is 0 Å². The van der Waals surface area contributed by atoms with Crippen molar-refractivity contribution in [1.29, 1.82) is 0 Å². The van der Waals surface area contributed by atoms with Crippen molar-refractivity contribution in [2.75, 3.05) is 12.5 Å². The van der Waals surface area contributed by atoms with Gasteiger partial charge in [-0.1, -0.05) is 78.9 Å². The second kappa shape index (κ2) is 8.09. The smallest absolute Gasteiger partial charge is 0.126 e. The van der Waals surface area contributed by atoms with Crippen molar-refractivity contribution in [3.05, 3.63) is 102 Å². The standard InChI is InChI=1S/C21H20N2O/c1-24-21(18-13-7-3-8-14-18)20(17-11-5-2-6-12-17)23-22-19-15-9-4-10-16-19/h2-16,21-22H,1H3. The van der Waals surface area contributed by atoms with Crippen LogP contribution in [0.15, 0.2) is 96.1 Å². The fourth-order valence-corrected chi connectivity index (χ4v) is 2.55. The Balaban J connectivity index is 1.98. The lowest BCUT2D eigenvalue weighted by Crippen LogP contribution is -2.17. The van der Waals surface area contributed by atoms with Crippen LogP contribution >= 0.6 is 0 Å². The van der Waals surface area contributed by atoms with Gasteiger partial charge in [0.1, 0.15) is 11.8 Å². The van der Waals surface area contributed by atoms with E-state index < -0.39 is 0 Å². The summed E-state index contributed by atoms with van der Waals surface area (Å²) in [7, 11) is 1.71. The molecule has 1 N–H and O–H groups in total. The van der Waals surface area contributed by atoms with Gasteiger partial charge in [0, 0.05) is 12.7 Å². The summed E-state index contributed by atoms with van der Waals surface area (Å²) in [6.07, 6.45) is -0.246. The second-order valence-corrected chi connectivity index (χ2v) is 5.37. The molecule has 3 rings (SSSR count). The molecule has 0 aliphatic rings. The Morgan fingerprint density at radius 3 is 1.92 bits per heavy atom. The number of anilines is 1. The van der Waals surface area contributed by atoms with E-state index in [0.29, 0.717) is 0 Å². The average Bonchev–Trinajstić information content (AvgIpc) is 2.67. The minimum absolute atomic E-state index is 0.246. The number of hydrogen-bond donors (Lipinski definition) is 1. The van der Waals surface area contributed by atoms with Crippen molar-refractivity contribution in [3.63, 3.8) is 0 Å². The molecule has 1 atom stereocenters. The van der Waals surface area contributed by atoms with Crippen LogP contribution in [0, 0.1) is 0 Å². The maximum absolute atomic E-state index is 5.77. The summed E-state index contributed by atoms with van der Waals surface area (Å²) in [5, 5.41) is 4.65. The topological polar surface area (TPSA) is 33.6 Å². The maximum Gasteiger partial charge on any atom is 0.126 e. The van der Waals surface area contributed by atoms with E-state index in [-0.39, 0.29) is 6.10 Å². The van der Waals surface area contributed by atoms with Crippen LogP contribution in [0.3, 0.4) is 0 Å². The van der Waals surface area contributed by atoms with Gasteiger partial charge in [-0.15, -0.1) is 0 Å². The largest absolute Gasteiger partial charge is 0.370 e. The SMILES string of the molecule is COC(C(=NNc1ccccc1)c1ccccc1)c1ccccc1. The number of hydrogen-bond acceptors (Lipinski definition) is 3. The highest BCUT2D eigenvalue weighted by Crippen LogP contribution is 2.23. The molecule has 3 heteroatoms. The van der Waals surface area contributed by atoms with E-state index in [0.717, 1.165) is 22.5 Å². The zero-order valence-electron chi connectivity index (χ0n) is 13.6. The Bertz CT molecular complexity index is 771. The summed E-state index contributed by atoms with van der Waals surface area (Å²) >= 11 is 0. The van der Waals surface area contributed by atoms with E-state index in [2.05, 4.69) is 22.7 Å². The molecule has 3 nitrogen and oxygen atoms in total. The molecule has 1 unspecified atom stereocenters. The first-order valence-electron chi connectivity index (χ1n) is 7.90. The van der Waals surface area contributed by atoms with Crippen molar-refractivity contribution < 1.29 is 4.74 Å². The van der Waals surface area contributed by atoms with E-state index in [4.69, 9.17) is 4.74 Å². The Labute approximate surface area is 142 Å². The third kappa shape index (κ3) is 3.89. The Kier molecular flexibility index (Phi) is 5.38. The molecule has 0 amide bonds. The fourth-order valence-electron chi connectivity index (χ4n) is 2.55. The highest BCUT2D eigenvalue weighted by Gasteiger charge is 2.19. The van der Waals surface area contributed by atoms with E-state index in [9.17, 15) is 0 Å². The number of para-hydroxylation sites is 1. The molecule has 24 heavy (non-hydrogen) atoms. The molecular formula is C21H20N2O. The van der Waals surface area contributed by atoms with Gasteiger partial charge in [0.2, 0.25) is 0 Å². The van der Waals surface area contributed by atoms with Crippen molar-refractivity contribution in [2.24, 2.45) is 5.10 Å². The molecule has 120 valence electrons. The van der Waals surface area contributed by atoms with E-state index in [1.807, 2.05) is 78.9 Å². The van der Waals surface area contributed by atoms with Crippen LogP contribution in [0.4, 0.5) is 5.69 Å². The minimum atomic E-state index is -0.246. The second-order valence-electron chi connectivity index (χ2n) is 5.37. The normalized spacial score (nSPS) is 12.6. The molecule has 0 saturated carbocycles. The molecule has 0 aliphatic heterocycles. The summed E-state index contributed by atoms with van der Waals surface area (Å²) in [5.74, 6) is 0. The molecular weight excluding hydrogens is 296 g/mol. The predicted molar refractivity (Wildman–Crippen MR) is 99.2 cm³/mol. The van der Waals surface area contributed by atoms with Crippen molar-refractivity contribution >= 4 is 11.4 Å². The van der Waals surface area contributed by atoms with Gasteiger partial charge in [-0.3, -0.25) is 5.43 Å². The van der Waals surface area contributed by atoms with E-state index >= 15 is 0 Å². The van der Waals surface area contributed by atoms with Crippen LogP contribution < -0.4 is 5.43 Å². The fraction of sp³-hybridized carbons (Fsp3) is 0.0952. The zero-order chi connectivity index (χ0) is 16.6. The summed E-state index contributed by atoms with van der Waals surface area (Å²) < 4.78 is 5.77. The van der Waals surface area contributed by atoms with Gasteiger partial charge in [0.05, 0.1) is 5.69 Å². The molecule has 3 aromatic carbocycles. The first kappa shape index (κ1) is 16.0. The zero-order valence-corrected chi connectivity index (χ0v) is 13.6. The van der Waals surface area contributed by atoms with Gasteiger partial charge in [0.15, 0.2) is 0 Å². The monoisotopic (exact) mass is 316 g/mol. The maximum atomic E-state index is 5.77. The number of rotatable bonds is 6. The van der Waals surface area contributed by atoms with Crippen LogP contribution in [0.1, 0.15) is 17.2 Å². The van der Waals surface area contributed by atoms with E-state index in [1.54, 1.807) is 7.11 Å². The van der Waals surface area contributed by atoms with Gasteiger partial charge < -0.3 is 4.74 Å². The van der Waals surface area contributed by atoms with Gasteiger partial charge in [-0.05, 0) is 17.7 Å². The number of nitrogens with zero attached hydrogens (tertiary/aromatic N) is 1. The Hall–Kier alpha value is -2.91. The van der Waals surface area contributed by atoms with Crippen LogP contribution in [-0.2, 0) is 4.74 Å². The lowest BCUT2D eigenvalue weighted by atomic mass is 9.99. The molecule has 0 fully saturated rings. The van der Waals surface area contributed by atoms with Gasteiger partial charge in [-0.2, -0.15) is 5.10 Å². The summed E-state index contributed by atoms with van der Waals surface area (Å²) in [5.41, 5.74) is 7.01. The molecule has 0 heterocycles. The summed E-state index contributed by atoms with van der Waals surface area (Å²) in [6, 6.07) is 30.1. The molecule has 0 aliphatic carbocycles. The van der Waals surface area contributed by atoms with Crippen molar-refractivity contribution in [3.8, 4) is 0 Å². The van der Waals surface area contributed by atoms with Gasteiger partial charge in [0.25, 0.3) is 0 Å². The molecule has 0 bridgehead atoms. The number of ether oxygens (including phenoxy) is 1.